The van der Waals surface area contributed by atoms with Crippen LogP contribution in [-0.4, -0.2) is 30.8 Å². The molecule has 1 aliphatic rings. The molecule has 1 unspecified atom stereocenters. The summed E-state index contributed by atoms with van der Waals surface area (Å²) in [6.07, 6.45) is 1.35. The number of hydrogen-bond acceptors (Lipinski definition) is 2. The van der Waals surface area contributed by atoms with Crippen LogP contribution >= 0.6 is 0 Å². The minimum atomic E-state index is -2.63. The van der Waals surface area contributed by atoms with Crippen molar-refractivity contribution in [3.05, 3.63) is 0 Å². The van der Waals surface area contributed by atoms with Crippen LogP contribution in [0.1, 0.15) is 19.8 Å². The third kappa shape index (κ3) is 2.38. The summed E-state index contributed by atoms with van der Waals surface area (Å²) in [6, 6.07) is 0. The summed E-state index contributed by atoms with van der Waals surface area (Å²) in [5, 5.41) is 0. The number of rotatable bonds is 3. The zero-order valence-corrected chi connectivity index (χ0v) is 6.59. The maximum atomic E-state index is 11.7. The van der Waals surface area contributed by atoms with Crippen LogP contribution in [0.5, 0.6) is 0 Å². The summed E-state index contributed by atoms with van der Waals surface area (Å²) >= 11 is 0. The largest absolute Gasteiger partial charge is 0.346 e. The van der Waals surface area contributed by atoms with Gasteiger partial charge < -0.3 is 4.74 Å². The van der Waals surface area contributed by atoms with E-state index < -0.39 is 6.61 Å². The van der Waals surface area contributed by atoms with Gasteiger partial charge in [-0.05, 0) is 19.4 Å². The second-order valence-electron chi connectivity index (χ2n) is 2.62. The molecular formula is C7H13F2NO. The van der Waals surface area contributed by atoms with E-state index >= 15 is 0 Å². The van der Waals surface area contributed by atoms with Gasteiger partial charge in [-0.1, -0.05) is 6.92 Å². The van der Waals surface area contributed by atoms with Crippen LogP contribution < -0.4 is 0 Å². The monoisotopic (exact) mass is 165 g/mol. The first-order valence-corrected chi connectivity index (χ1v) is 3.91. The van der Waals surface area contributed by atoms with E-state index in [2.05, 4.69) is 4.74 Å². The SMILES string of the molecule is CCN1CCCC1OC(F)F. The summed E-state index contributed by atoms with van der Waals surface area (Å²) in [5.74, 6) is 0. The molecule has 0 aliphatic carbocycles. The molecule has 11 heavy (non-hydrogen) atoms. The molecule has 0 radical (unpaired) electrons. The minimum absolute atomic E-state index is 0.347. The fourth-order valence-corrected chi connectivity index (χ4v) is 1.43. The number of halogens is 2. The number of alkyl halides is 2. The van der Waals surface area contributed by atoms with Crippen LogP contribution in [0.3, 0.4) is 0 Å². The van der Waals surface area contributed by atoms with Crippen molar-refractivity contribution in [1.82, 2.24) is 4.90 Å². The van der Waals surface area contributed by atoms with Crippen molar-refractivity contribution in [2.45, 2.75) is 32.6 Å². The molecule has 0 aromatic rings. The average Bonchev–Trinajstić information content (AvgIpc) is 2.34. The molecule has 0 N–H and O–H groups in total. The Balaban J connectivity index is 2.31. The third-order valence-electron chi connectivity index (χ3n) is 1.97. The molecule has 0 spiro atoms. The van der Waals surface area contributed by atoms with Crippen molar-refractivity contribution in [3.63, 3.8) is 0 Å². The van der Waals surface area contributed by atoms with Gasteiger partial charge in [-0.2, -0.15) is 8.78 Å². The molecule has 1 fully saturated rings. The first-order valence-electron chi connectivity index (χ1n) is 3.91. The molecule has 1 atom stereocenters. The van der Waals surface area contributed by atoms with E-state index in [4.69, 9.17) is 0 Å². The Bertz CT molecular complexity index is 121. The van der Waals surface area contributed by atoms with Gasteiger partial charge in [-0.15, -0.1) is 0 Å². The van der Waals surface area contributed by atoms with E-state index in [1.807, 2.05) is 11.8 Å². The van der Waals surface area contributed by atoms with Gasteiger partial charge in [0.15, 0.2) is 0 Å². The molecule has 0 saturated carbocycles. The Labute approximate surface area is 65.1 Å². The summed E-state index contributed by atoms with van der Waals surface area (Å²) in [5.41, 5.74) is 0. The van der Waals surface area contributed by atoms with Gasteiger partial charge in [0, 0.05) is 6.54 Å². The Morgan fingerprint density at radius 2 is 2.36 bits per heavy atom. The highest BCUT2D eigenvalue weighted by Crippen LogP contribution is 2.19. The van der Waals surface area contributed by atoms with Crippen LogP contribution in [0.4, 0.5) is 8.78 Å². The van der Waals surface area contributed by atoms with Crippen LogP contribution in [0.15, 0.2) is 0 Å². The second kappa shape index (κ2) is 3.97. The minimum Gasteiger partial charge on any atom is -0.304 e. The lowest BCUT2D eigenvalue weighted by atomic mass is 10.4. The molecule has 66 valence electrons. The topological polar surface area (TPSA) is 12.5 Å². The second-order valence-corrected chi connectivity index (χ2v) is 2.62. The fourth-order valence-electron chi connectivity index (χ4n) is 1.43. The summed E-state index contributed by atoms with van der Waals surface area (Å²) in [6.45, 7) is 0.991. The van der Waals surface area contributed by atoms with Crippen LogP contribution in [0.2, 0.25) is 0 Å². The molecule has 1 rings (SSSR count). The van der Waals surface area contributed by atoms with Gasteiger partial charge in [0.1, 0.15) is 6.23 Å². The Morgan fingerprint density at radius 3 is 2.91 bits per heavy atom. The average molecular weight is 165 g/mol. The number of likely N-dealkylation sites (tertiary alicyclic amines) is 1. The van der Waals surface area contributed by atoms with Gasteiger partial charge in [-0.3, -0.25) is 4.90 Å². The molecule has 2 nitrogen and oxygen atoms in total. The lowest BCUT2D eigenvalue weighted by molar-refractivity contribution is -0.193. The van der Waals surface area contributed by atoms with Crippen molar-refractivity contribution >= 4 is 0 Å². The van der Waals surface area contributed by atoms with Crippen molar-refractivity contribution < 1.29 is 13.5 Å². The Kier molecular flexibility index (Phi) is 3.20. The predicted molar refractivity (Wildman–Crippen MR) is 37.4 cm³/mol. The van der Waals surface area contributed by atoms with Gasteiger partial charge in [0.2, 0.25) is 0 Å². The van der Waals surface area contributed by atoms with Gasteiger partial charge in [-0.25, -0.2) is 0 Å². The van der Waals surface area contributed by atoms with Crippen molar-refractivity contribution in [2.75, 3.05) is 13.1 Å². The van der Waals surface area contributed by atoms with E-state index in [1.165, 1.54) is 0 Å². The zero-order valence-electron chi connectivity index (χ0n) is 6.59. The Hall–Kier alpha value is -0.220. The first-order chi connectivity index (χ1) is 5.24. The molecule has 0 aromatic carbocycles. The molecule has 0 amide bonds. The van der Waals surface area contributed by atoms with Gasteiger partial charge >= 0.3 is 6.61 Å². The van der Waals surface area contributed by atoms with Crippen LogP contribution in [-0.2, 0) is 4.74 Å². The highest BCUT2D eigenvalue weighted by molar-refractivity contribution is 4.70. The maximum absolute atomic E-state index is 11.7. The molecular weight excluding hydrogens is 152 g/mol. The van der Waals surface area contributed by atoms with Gasteiger partial charge in [0.25, 0.3) is 0 Å². The number of hydrogen-bond donors (Lipinski definition) is 0. The fraction of sp³-hybridized carbons (Fsp3) is 1.00. The van der Waals surface area contributed by atoms with Crippen molar-refractivity contribution in [3.8, 4) is 0 Å². The molecule has 1 aliphatic heterocycles. The van der Waals surface area contributed by atoms with Crippen molar-refractivity contribution in [2.24, 2.45) is 0 Å². The zero-order chi connectivity index (χ0) is 8.27. The predicted octanol–water partition coefficient (Wildman–Crippen LogP) is 1.67. The lowest BCUT2D eigenvalue weighted by Gasteiger charge is -2.21. The summed E-state index contributed by atoms with van der Waals surface area (Å²) < 4.78 is 27.9. The van der Waals surface area contributed by atoms with Gasteiger partial charge in [0.05, 0.1) is 0 Å². The molecule has 1 saturated heterocycles. The highest BCUT2D eigenvalue weighted by Gasteiger charge is 2.25. The lowest BCUT2D eigenvalue weighted by Crippen LogP contribution is -2.32. The van der Waals surface area contributed by atoms with E-state index in [1.54, 1.807) is 0 Å². The number of ether oxygens (including phenoxy) is 1. The molecule has 0 bridgehead atoms. The number of nitrogens with zero attached hydrogens (tertiary/aromatic N) is 1. The smallest absolute Gasteiger partial charge is 0.304 e. The van der Waals surface area contributed by atoms with Crippen LogP contribution in [0, 0.1) is 0 Å². The van der Waals surface area contributed by atoms with Crippen molar-refractivity contribution in [1.29, 1.82) is 0 Å². The summed E-state index contributed by atoms with van der Waals surface area (Å²) in [4.78, 5) is 1.92. The van der Waals surface area contributed by atoms with E-state index in [0.717, 1.165) is 25.9 Å². The standard InChI is InChI=1S/C7H13F2NO/c1-2-10-5-3-4-6(10)11-7(8)9/h6-7H,2-5H2,1H3. The van der Waals surface area contributed by atoms with E-state index in [9.17, 15) is 8.78 Å². The summed E-state index contributed by atoms with van der Waals surface area (Å²) in [7, 11) is 0. The molecule has 1 heterocycles. The highest BCUT2D eigenvalue weighted by atomic mass is 19.3. The quantitative estimate of drug-likeness (QED) is 0.630. The van der Waals surface area contributed by atoms with E-state index in [-0.39, 0.29) is 6.23 Å². The maximum Gasteiger partial charge on any atom is 0.346 e. The first kappa shape index (κ1) is 8.87. The third-order valence-corrected chi connectivity index (χ3v) is 1.97. The molecule has 0 aromatic heterocycles. The van der Waals surface area contributed by atoms with E-state index in [0.29, 0.717) is 0 Å². The molecule has 4 heteroatoms. The van der Waals surface area contributed by atoms with Crippen LogP contribution in [0.25, 0.3) is 0 Å². The Morgan fingerprint density at radius 1 is 1.64 bits per heavy atom. The normalized spacial score (nSPS) is 26.7.